The van der Waals surface area contributed by atoms with Gasteiger partial charge in [-0.2, -0.15) is 0 Å². The summed E-state index contributed by atoms with van der Waals surface area (Å²) in [6.45, 7) is 8.63. The molecular formula is C10H20O. The summed E-state index contributed by atoms with van der Waals surface area (Å²) in [4.78, 5) is 0. The Labute approximate surface area is 70.1 Å². The molecule has 0 aliphatic rings. The highest BCUT2D eigenvalue weighted by Gasteiger charge is 2.07. The van der Waals surface area contributed by atoms with Crippen molar-refractivity contribution < 1.29 is 5.11 Å². The van der Waals surface area contributed by atoms with Crippen molar-refractivity contribution in [1.82, 2.24) is 0 Å². The van der Waals surface area contributed by atoms with E-state index in [0.717, 1.165) is 6.42 Å². The monoisotopic (exact) mass is 156 g/mol. The topological polar surface area (TPSA) is 20.2 Å². The van der Waals surface area contributed by atoms with Gasteiger partial charge in [-0.3, -0.25) is 0 Å². The maximum atomic E-state index is 8.88. The smallest absolute Gasteiger partial charge is 0.0786 e. The first-order valence-corrected chi connectivity index (χ1v) is 4.44. The molecule has 0 aromatic rings. The number of aliphatic hydroxyl groups is 1. The van der Waals surface area contributed by atoms with Crippen LogP contribution >= 0.6 is 0 Å². The Balaban J connectivity index is 3.90. The first kappa shape index (κ1) is 10.5. The third-order valence-corrected chi connectivity index (χ3v) is 2.19. The van der Waals surface area contributed by atoms with E-state index in [1.54, 1.807) is 0 Å². The normalized spacial score (nSPS) is 15.5. The van der Waals surface area contributed by atoms with E-state index in [1.807, 2.05) is 0 Å². The van der Waals surface area contributed by atoms with E-state index in [2.05, 4.69) is 27.7 Å². The lowest BCUT2D eigenvalue weighted by atomic mass is 9.93. The minimum absolute atomic E-state index is 0.481. The molecule has 0 heterocycles. The summed E-state index contributed by atoms with van der Waals surface area (Å²) in [7, 11) is 0. The predicted octanol–water partition coefficient (Wildman–Crippen LogP) is 3.52. The van der Waals surface area contributed by atoms with Crippen molar-refractivity contribution in [3.8, 4) is 0 Å². The number of allylic oxidation sites excluding steroid dienone is 1. The van der Waals surface area contributed by atoms with Gasteiger partial charge in [-0.1, -0.05) is 34.1 Å². The van der Waals surface area contributed by atoms with Gasteiger partial charge in [-0.15, -0.1) is 0 Å². The standard InChI is InChI=1S/C10H20O/c1-5-9(4)6-10(7-11)8(2)3/h7-9,11H,5-6H2,1-4H3. The van der Waals surface area contributed by atoms with E-state index in [4.69, 9.17) is 5.11 Å². The van der Waals surface area contributed by atoms with Crippen LogP contribution in [-0.4, -0.2) is 5.11 Å². The Bertz CT molecular complexity index is 125. The Kier molecular flexibility index (Phi) is 5.01. The molecule has 1 heteroatoms. The van der Waals surface area contributed by atoms with Crippen LogP contribution in [-0.2, 0) is 0 Å². The molecule has 1 atom stereocenters. The highest BCUT2D eigenvalue weighted by Crippen LogP contribution is 2.20. The fourth-order valence-corrected chi connectivity index (χ4v) is 0.984. The molecule has 0 saturated carbocycles. The zero-order valence-corrected chi connectivity index (χ0v) is 8.09. The maximum absolute atomic E-state index is 8.88. The third kappa shape index (κ3) is 4.07. The zero-order valence-electron chi connectivity index (χ0n) is 8.09. The summed E-state index contributed by atoms with van der Waals surface area (Å²) in [6.07, 6.45) is 3.49. The molecule has 0 spiro atoms. The second-order valence-electron chi connectivity index (χ2n) is 3.58. The molecule has 0 bridgehead atoms. The van der Waals surface area contributed by atoms with E-state index in [0.29, 0.717) is 11.8 Å². The van der Waals surface area contributed by atoms with Crippen LogP contribution in [0.4, 0.5) is 0 Å². The van der Waals surface area contributed by atoms with Crippen LogP contribution in [0.2, 0.25) is 0 Å². The van der Waals surface area contributed by atoms with Gasteiger partial charge in [0.15, 0.2) is 0 Å². The van der Waals surface area contributed by atoms with Crippen LogP contribution in [0, 0.1) is 11.8 Å². The first-order chi connectivity index (χ1) is 5.11. The molecule has 1 N–H and O–H groups in total. The van der Waals surface area contributed by atoms with Crippen LogP contribution in [0.5, 0.6) is 0 Å². The van der Waals surface area contributed by atoms with Gasteiger partial charge in [-0.05, 0) is 23.8 Å². The van der Waals surface area contributed by atoms with Gasteiger partial charge in [0.2, 0.25) is 0 Å². The SMILES string of the molecule is CCC(C)CC(=CO)C(C)C. The summed E-state index contributed by atoms with van der Waals surface area (Å²) in [6, 6.07) is 0. The summed E-state index contributed by atoms with van der Waals surface area (Å²) >= 11 is 0. The first-order valence-electron chi connectivity index (χ1n) is 4.44. The van der Waals surface area contributed by atoms with Gasteiger partial charge in [0.05, 0.1) is 6.26 Å². The lowest BCUT2D eigenvalue weighted by molar-refractivity contribution is 0.438. The summed E-state index contributed by atoms with van der Waals surface area (Å²) in [5.41, 5.74) is 1.17. The van der Waals surface area contributed by atoms with Crippen LogP contribution < -0.4 is 0 Å². The molecule has 0 aromatic carbocycles. The van der Waals surface area contributed by atoms with E-state index < -0.39 is 0 Å². The minimum Gasteiger partial charge on any atom is -0.516 e. The average molecular weight is 156 g/mol. The zero-order chi connectivity index (χ0) is 8.85. The molecule has 0 aromatic heterocycles. The average Bonchev–Trinajstić information content (AvgIpc) is 1.99. The van der Waals surface area contributed by atoms with Crippen LogP contribution in [0.1, 0.15) is 40.5 Å². The van der Waals surface area contributed by atoms with Crippen molar-refractivity contribution in [3.05, 3.63) is 11.8 Å². The highest BCUT2D eigenvalue weighted by molar-refractivity contribution is 5.01. The molecular weight excluding hydrogens is 136 g/mol. The molecule has 0 rings (SSSR count). The Morgan fingerprint density at radius 1 is 1.36 bits per heavy atom. The second kappa shape index (κ2) is 5.22. The van der Waals surface area contributed by atoms with E-state index in [-0.39, 0.29) is 0 Å². The molecule has 0 fully saturated rings. The Morgan fingerprint density at radius 2 is 1.91 bits per heavy atom. The summed E-state index contributed by atoms with van der Waals surface area (Å²) < 4.78 is 0. The Morgan fingerprint density at radius 3 is 2.18 bits per heavy atom. The largest absolute Gasteiger partial charge is 0.516 e. The molecule has 1 nitrogen and oxygen atoms in total. The third-order valence-electron chi connectivity index (χ3n) is 2.19. The Hall–Kier alpha value is -0.460. The lowest BCUT2D eigenvalue weighted by Crippen LogP contribution is -2.00. The van der Waals surface area contributed by atoms with Crippen molar-refractivity contribution in [2.75, 3.05) is 0 Å². The summed E-state index contributed by atoms with van der Waals surface area (Å²) in [5.74, 6) is 1.17. The van der Waals surface area contributed by atoms with Gasteiger partial charge in [-0.25, -0.2) is 0 Å². The summed E-state index contributed by atoms with van der Waals surface area (Å²) in [5, 5.41) is 8.88. The van der Waals surface area contributed by atoms with Crippen molar-refractivity contribution in [2.24, 2.45) is 11.8 Å². The van der Waals surface area contributed by atoms with Crippen molar-refractivity contribution in [3.63, 3.8) is 0 Å². The second-order valence-corrected chi connectivity index (χ2v) is 3.58. The van der Waals surface area contributed by atoms with Crippen LogP contribution in [0.15, 0.2) is 11.8 Å². The van der Waals surface area contributed by atoms with Crippen LogP contribution in [0.3, 0.4) is 0 Å². The molecule has 1 unspecified atom stereocenters. The number of hydrogen-bond acceptors (Lipinski definition) is 1. The fraction of sp³-hybridized carbons (Fsp3) is 0.800. The fourth-order valence-electron chi connectivity index (χ4n) is 0.984. The predicted molar refractivity (Wildman–Crippen MR) is 49.6 cm³/mol. The van der Waals surface area contributed by atoms with Crippen molar-refractivity contribution in [2.45, 2.75) is 40.5 Å². The molecule has 0 amide bonds. The van der Waals surface area contributed by atoms with E-state index >= 15 is 0 Å². The maximum Gasteiger partial charge on any atom is 0.0786 e. The van der Waals surface area contributed by atoms with Gasteiger partial charge < -0.3 is 5.11 Å². The van der Waals surface area contributed by atoms with E-state index in [1.165, 1.54) is 18.3 Å². The van der Waals surface area contributed by atoms with Crippen molar-refractivity contribution in [1.29, 1.82) is 0 Å². The van der Waals surface area contributed by atoms with E-state index in [9.17, 15) is 0 Å². The van der Waals surface area contributed by atoms with Gasteiger partial charge in [0, 0.05) is 0 Å². The van der Waals surface area contributed by atoms with Crippen LogP contribution in [0.25, 0.3) is 0 Å². The van der Waals surface area contributed by atoms with Gasteiger partial charge in [0.25, 0.3) is 0 Å². The lowest BCUT2D eigenvalue weighted by Gasteiger charge is -2.13. The number of rotatable bonds is 4. The molecule has 0 aliphatic heterocycles. The number of hydrogen-bond donors (Lipinski definition) is 1. The van der Waals surface area contributed by atoms with Gasteiger partial charge in [0.1, 0.15) is 0 Å². The molecule has 0 radical (unpaired) electrons. The molecule has 0 saturated heterocycles. The molecule has 66 valence electrons. The highest BCUT2D eigenvalue weighted by atomic mass is 16.2. The van der Waals surface area contributed by atoms with Gasteiger partial charge >= 0.3 is 0 Å². The minimum atomic E-state index is 0.481. The molecule has 11 heavy (non-hydrogen) atoms. The number of aliphatic hydroxyl groups excluding tert-OH is 1. The van der Waals surface area contributed by atoms with Crippen molar-refractivity contribution >= 4 is 0 Å². The quantitative estimate of drug-likeness (QED) is 0.617. The molecule has 0 aliphatic carbocycles.